The Morgan fingerprint density at radius 3 is 0.857 bits per heavy atom. The molecular formula is C71H124O6. The number of ether oxygens (including phenoxy) is 3. The smallest absolute Gasteiger partial charge is 0.306 e. The lowest BCUT2D eigenvalue weighted by atomic mass is 10.0. The monoisotopic (exact) mass is 1070 g/mol. The van der Waals surface area contributed by atoms with Crippen LogP contribution in [0.3, 0.4) is 0 Å². The highest BCUT2D eigenvalue weighted by Gasteiger charge is 2.19. The van der Waals surface area contributed by atoms with Gasteiger partial charge in [0.05, 0.1) is 0 Å². The number of rotatable bonds is 60. The molecule has 6 heteroatoms. The Labute approximate surface area is 477 Å². The first-order valence-corrected chi connectivity index (χ1v) is 33.1. The molecule has 0 bridgehead atoms. The van der Waals surface area contributed by atoms with Gasteiger partial charge in [-0.05, 0) is 89.9 Å². The van der Waals surface area contributed by atoms with E-state index in [1.165, 1.54) is 161 Å². The number of unbranched alkanes of at least 4 members (excludes halogenated alkanes) is 35. The Morgan fingerprint density at radius 2 is 0.532 bits per heavy atom. The van der Waals surface area contributed by atoms with Crippen LogP contribution in [0.25, 0.3) is 0 Å². The molecule has 0 aliphatic rings. The average Bonchev–Trinajstić information content (AvgIpc) is 3.43. The summed E-state index contributed by atoms with van der Waals surface area (Å²) in [6, 6.07) is 0. The Balaban J connectivity index is 4.25. The molecule has 77 heavy (non-hydrogen) atoms. The van der Waals surface area contributed by atoms with Gasteiger partial charge in [-0.3, -0.25) is 14.4 Å². The molecule has 1 atom stereocenters. The van der Waals surface area contributed by atoms with Gasteiger partial charge in [0.15, 0.2) is 6.10 Å². The highest BCUT2D eigenvalue weighted by Crippen LogP contribution is 2.17. The maximum atomic E-state index is 12.9. The summed E-state index contributed by atoms with van der Waals surface area (Å²) >= 11 is 0. The van der Waals surface area contributed by atoms with E-state index in [-0.39, 0.29) is 31.1 Å². The van der Waals surface area contributed by atoms with Crippen molar-refractivity contribution in [2.45, 2.75) is 335 Å². The van der Waals surface area contributed by atoms with Crippen LogP contribution in [-0.4, -0.2) is 37.2 Å². The fraction of sp³-hybridized carbons (Fsp3) is 0.761. The zero-order chi connectivity index (χ0) is 55.7. The molecule has 0 aliphatic heterocycles. The van der Waals surface area contributed by atoms with Crippen LogP contribution in [0.1, 0.15) is 329 Å². The molecule has 0 rings (SSSR count). The van der Waals surface area contributed by atoms with E-state index in [0.717, 1.165) is 128 Å². The van der Waals surface area contributed by atoms with Gasteiger partial charge in [0.1, 0.15) is 13.2 Å². The Bertz CT molecular complexity index is 1470. The molecule has 0 saturated heterocycles. The first-order chi connectivity index (χ1) is 38.0. The van der Waals surface area contributed by atoms with Crippen LogP contribution < -0.4 is 0 Å². The van der Waals surface area contributed by atoms with Crippen molar-refractivity contribution in [2.24, 2.45) is 0 Å². The van der Waals surface area contributed by atoms with Gasteiger partial charge in [-0.1, -0.05) is 305 Å². The summed E-state index contributed by atoms with van der Waals surface area (Å²) in [5, 5.41) is 0. The van der Waals surface area contributed by atoms with Gasteiger partial charge in [-0.15, -0.1) is 0 Å². The second-order valence-electron chi connectivity index (χ2n) is 22.0. The van der Waals surface area contributed by atoms with Gasteiger partial charge < -0.3 is 14.2 Å². The third kappa shape index (κ3) is 63.3. The number of carbonyl (C=O) groups excluding carboxylic acids is 3. The first-order valence-electron chi connectivity index (χ1n) is 33.1. The Hall–Kier alpha value is -3.41. The topological polar surface area (TPSA) is 78.9 Å². The Morgan fingerprint density at radius 1 is 0.273 bits per heavy atom. The van der Waals surface area contributed by atoms with E-state index in [4.69, 9.17) is 14.2 Å². The van der Waals surface area contributed by atoms with Gasteiger partial charge in [0.2, 0.25) is 0 Å². The van der Waals surface area contributed by atoms with Gasteiger partial charge in [-0.25, -0.2) is 0 Å². The van der Waals surface area contributed by atoms with Crippen LogP contribution in [0, 0.1) is 0 Å². The molecule has 0 fully saturated rings. The maximum absolute atomic E-state index is 12.9. The van der Waals surface area contributed by atoms with E-state index >= 15 is 0 Å². The summed E-state index contributed by atoms with van der Waals surface area (Å²) in [6.07, 6.45) is 86.1. The van der Waals surface area contributed by atoms with Gasteiger partial charge in [-0.2, -0.15) is 0 Å². The molecule has 0 radical (unpaired) electrons. The van der Waals surface area contributed by atoms with Crippen molar-refractivity contribution in [3.63, 3.8) is 0 Å². The summed E-state index contributed by atoms with van der Waals surface area (Å²) in [5.74, 6) is -0.911. The van der Waals surface area contributed by atoms with Crippen LogP contribution in [0.4, 0.5) is 0 Å². The lowest BCUT2D eigenvalue weighted by Gasteiger charge is -2.18. The molecule has 0 spiro atoms. The standard InChI is InChI=1S/C71H124O6/c1-4-7-10-13-16-19-22-24-26-28-30-32-34-35-36-38-39-41-43-45-47-49-52-55-58-61-64-70(73)76-67-68(66-75-69(72)63-60-57-54-51-21-18-15-12-9-6-3)77-71(74)65-62-59-56-53-50-48-46-44-42-40-37-33-31-29-27-25-23-20-17-14-11-8-5-2/h8,11-12,15,17,20,25,27,31,33,40,42,46,48,68H,4-7,9-10,13-14,16,18-19,21-24,26,28-30,32,34-39,41,43-45,47,49-67H2,1-3H3/b11-8-,15-12-,20-17-,27-25-,33-31-,42-40-,48-46-. The van der Waals surface area contributed by atoms with Crippen LogP contribution in [0.2, 0.25) is 0 Å². The Kier molecular flexibility index (Phi) is 62.2. The van der Waals surface area contributed by atoms with Gasteiger partial charge in [0, 0.05) is 19.3 Å². The largest absolute Gasteiger partial charge is 0.462 e. The van der Waals surface area contributed by atoms with Crippen molar-refractivity contribution in [3.8, 4) is 0 Å². The maximum Gasteiger partial charge on any atom is 0.306 e. The molecule has 0 aromatic heterocycles. The van der Waals surface area contributed by atoms with E-state index in [1.807, 2.05) is 0 Å². The van der Waals surface area contributed by atoms with E-state index < -0.39 is 6.10 Å². The minimum atomic E-state index is -0.793. The van der Waals surface area contributed by atoms with E-state index in [1.54, 1.807) is 0 Å². The van der Waals surface area contributed by atoms with Gasteiger partial charge in [0.25, 0.3) is 0 Å². The average molecular weight is 1070 g/mol. The van der Waals surface area contributed by atoms with Crippen LogP contribution >= 0.6 is 0 Å². The van der Waals surface area contributed by atoms with Gasteiger partial charge >= 0.3 is 17.9 Å². The molecule has 0 N–H and O–H groups in total. The molecule has 444 valence electrons. The van der Waals surface area contributed by atoms with E-state index in [2.05, 4.69) is 106 Å². The van der Waals surface area contributed by atoms with Crippen molar-refractivity contribution in [3.05, 3.63) is 85.1 Å². The molecule has 0 aromatic carbocycles. The van der Waals surface area contributed by atoms with Crippen LogP contribution in [0.15, 0.2) is 85.1 Å². The zero-order valence-corrected chi connectivity index (χ0v) is 51.0. The predicted octanol–water partition coefficient (Wildman–Crippen LogP) is 22.7. The summed E-state index contributed by atoms with van der Waals surface area (Å²) in [5.41, 5.74) is 0. The molecule has 6 nitrogen and oxygen atoms in total. The SMILES string of the molecule is CC/C=C\C/C=C\C/C=C\C/C=C\C/C=C\C/C=C\CCCCCCC(=O)OC(COC(=O)CCCCCCC/C=C\CCC)COC(=O)CCCCCCCCCCCCCCCCCCCCCCCCCCCC. The number of hydrogen-bond donors (Lipinski definition) is 0. The molecule has 0 aliphatic carbocycles. The van der Waals surface area contributed by atoms with E-state index in [0.29, 0.717) is 19.3 Å². The first kappa shape index (κ1) is 73.6. The third-order valence-corrected chi connectivity index (χ3v) is 14.4. The quantitative estimate of drug-likeness (QED) is 0.0261. The molecular weight excluding hydrogens is 949 g/mol. The predicted molar refractivity (Wildman–Crippen MR) is 334 cm³/mol. The summed E-state index contributed by atoms with van der Waals surface area (Å²) in [7, 11) is 0. The van der Waals surface area contributed by atoms with Crippen molar-refractivity contribution in [1.29, 1.82) is 0 Å². The molecule has 0 heterocycles. The third-order valence-electron chi connectivity index (χ3n) is 14.4. The van der Waals surface area contributed by atoms with Crippen molar-refractivity contribution >= 4 is 17.9 Å². The lowest BCUT2D eigenvalue weighted by molar-refractivity contribution is -0.167. The highest BCUT2D eigenvalue weighted by molar-refractivity contribution is 5.71. The summed E-state index contributed by atoms with van der Waals surface area (Å²) in [4.78, 5) is 38.2. The second-order valence-corrected chi connectivity index (χ2v) is 22.0. The lowest BCUT2D eigenvalue weighted by Crippen LogP contribution is -2.30. The number of allylic oxidation sites excluding steroid dienone is 14. The van der Waals surface area contributed by atoms with Crippen LogP contribution in [-0.2, 0) is 28.6 Å². The molecule has 0 aromatic rings. The highest BCUT2D eigenvalue weighted by atomic mass is 16.6. The van der Waals surface area contributed by atoms with E-state index in [9.17, 15) is 14.4 Å². The zero-order valence-electron chi connectivity index (χ0n) is 51.0. The fourth-order valence-electron chi connectivity index (χ4n) is 9.45. The van der Waals surface area contributed by atoms with Crippen molar-refractivity contribution < 1.29 is 28.6 Å². The summed E-state index contributed by atoms with van der Waals surface area (Å²) in [6.45, 7) is 6.47. The minimum Gasteiger partial charge on any atom is -0.462 e. The minimum absolute atomic E-state index is 0.0873. The summed E-state index contributed by atoms with van der Waals surface area (Å²) < 4.78 is 16.9. The second kappa shape index (κ2) is 65.1. The molecule has 0 saturated carbocycles. The normalized spacial score (nSPS) is 12.6. The molecule has 1 unspecified atom stereocenters. The fourth-order valence-corrected chi connectivity index (χ4v) is 9.45. The van der Waals surface area contributed by atoms with Crippen molar-refractivity contribution in [2.75, 3.05) is 13.2 Å². The number of esters is 3. The van der Waals surface area contributed by atoms with Crippen LogP contribution in [0.5, 0.6) is 0 Å². The molecule has 0 amide bonds. The number of hydrogen-bond acceptors (Lipinski definition) is 6. The number of carbonyl (C=O) groups is 3. The van der Waals surface area contributed by atoms with Crippen molar-refractivity contribution in [1.82, 2.24) is 0 Å².